The molecule has 0 bridgehead atoms. The smallest absolute Gasteiger partial charge is 0.256 e. The summed E-state index contributed by atoms with van der Waals surface area (Å²) in [7, 11) is -3.38. The Bertz CT molecular complexity index is 1410. The Morgan fingerprint density at radius 2 is 1.82 bits per heavy atom. The third kappa shape index (κ3) is 4.74. The molecule has 34 heavy (non-hydrogen) atoms. The number of benzene rings is 2. The Hall–Kier alpha value is -3.10. The molecule has 2 aromatic heterocycles. The summed E-state index contributed by atoms with van der Waals surface area (Å²) in [5.74, 6) is 0.356. The van der Waals surface area contributed by atoms with Crippen LogP contribution in [0.2, 0.25) is 0 Å². The lowest BCUT2D eigenvalue weighted by atomic mass is 10.2. The molecule has 1 saturated carbocycles. The first-order valence-electron chi connectivity index (χ1n) is 11.3. The van der Waals surface area contributed by atoms with Crippen molar-refractivity contribution in [3.05, 3.63) is 90.4 Å². The molecule has 0 atom stereocenters. The number of nitrogens with one attached hydrogen (secondary N) is 1. The zero-order valence-electron chi connectivity index (χ0n) is 18.6. The minimum atomic E-state index is -3.38. The summed E-state index contributed by atoms with van der Waals surface area (Å²) >= 11 is 1.55. The lowest BCUT2D eigenvalue weighted by Gasteiger charge is -2.13. The number of pyridine rings is 1. The monoisotopic (exact) mass is 491 g/mol. The van der Waals surface area contributed by atoms with E-state index in [4.69, 9.17) is 0 Å². The van der Waals surface area contributed by atoms with E-state index in [0.717, 1.165) is 29.1 Å². The van der Waals surface area contributed by atoms with Crippen LogP contribution in [0.4, 0.5) is 5.69 Å². The van der Waals surface area contributed by atoms with E-state index in [1.54, 1.807) is 42.1 Å². The third-order valence-corrected chi connectivity index (χ3v) is 9.45. The SMILES string of the molecule is O=C(Nc1cccc(S(=O)(=O)C2CCCC2)c1)c1ccccc1SCc1cn2ccccc2n1. The fraction of sp³-hybridized carbons (Fsp3) is 0.231. The van der Waals surface area contributed by atoms with Crippen molar-refractivity contribution in [2.45, 2.75) is 46.5 Å². The van der Waals surface area contributed by atoms with Crippen molar-refractivity contribution in [3.63, 3.8) is 0 Å². The fourth-order valence-corrected chi connectivity index (χ4v) is 7.16. The summed E-state index contributed by atoms with van der Waals surface area (Å²) in [5.41, 5.74) is 2.83. The van der Waals surface area contributed by atoms with Crippen LogP contribution in [0, 0.1) is 0 Å². The molecule has 0 unspecified atom stereocenters. The zero-order valence-corrected chi connectivity index (χ0v) is 20.2. The Morgan fingerprint density at radius 3 is 2.65 bits per heavy atom. The molecule has 2 aromatic carbocycles. The van der Waals surface area contributed by atoms with E-state index in [1.165, 1.54) is 0 Å². The van der Waals surface area contributed by atoms with Crippen molar-refractivity contribution in [1.82, 2.24) is 9.38 Å². The number of carbonyl (C=O) groups is 1. The van der Waals surface area contributed by atoms with Gasteiger partial charge < -0.3 is 9.72 Å². The number of amides is 1. The highest BCUT2D eigenvalue weighted by Crippen LogP contribution is 2.31. The number of anilines is 1. The van der Waals surface area contributed by atoms with Gasteiger partial charge in [0.2, 0.25) is 0 Å². The largest absolute Gasteiger partial charge is 0.322 e. The number of imidazole rings is 1. The van der Waals surface area contributed by atoms with Gasteiger partial charge in [-0.25, -0.2) is 13.4 Å². The zero-order chi connectivity index (χ0) is 23.5. The van der Waals surface area contributed by atoms with Crippen molar-refractivity contribution in [1.29, 1.82) is 0 Å². The predicted molar refractivity (Wildman–Crippen MR) is 135 cm³/mol. The molecule has 0 spiro atoms. The van der Waals surface area contributed by atoms with Gasteiger partial charge in [-0.05, 0) is 55.3 Å². The Balaban J connectivity index is 1.32. The number of hydrogen-bond donors (Lipinski definition) is 1. The molecule has 2 heterocycles. The van der Waals surface area contributed by atoms with E-state index < -0.39 is 9.84 Å². The number of carbonyl (C=O) groups excluding carboxylic acids is 1. The van der Waals surface area contributed by atoms with E-state index >= 15 is 0 Å². The number of thioether (sulfide) groups is 1. The molecule has 0 aliphatic heterocycles. The summed E-state index contributed by atoms with van der Waals surface area (Å²) in [6, 6.07) is 19.9. The van der Waals surface area contributed by atoms with Crippen LogP contribution in [-0.4, -0.2) is 29.0 Å². The highest BCUT2D eigenvalue weighted by molar-refractivity contribution is 7.98. The van der Waals surface area contributed by atoms with Crippen LogP contribution in [-0.2, 0) is 15.6 Å². The van der Waals surface area contributed by atoms with Crippen LogP contribution in [0.5, 0.6) is 0 Å². The van der Waals surface area contributed by atoms with Crippen LogP contribution in [0.25, 0.3) is 5.65 Å². The molecule has 1 N–H and O–H groups in total. The van der Waals surface area contributed by atoms with Crippen molar-refractivity contribution < 1.29 is 13.2 Å². The minimum absolute atomic E-state index is 0.270. The highest BCUT2D eigenvalue weighted by Gasteiger charge is 2.30. The molecule has 8 heteroatoms. The molecule has 1 amide bonds. The number of hydrogen-bond acceptors (Lipinski definition) is 5. The number of aromatic nitrogens is 2. The summed E-state index contributed by atoms with van der Waals surface area (Å²) in [5, 5.41) is 2.56. The third-order valence-electron chi connectivity index (χ3n) is 6.08. The Kier molecular flexibility index (Phi) is 6.43. The van der Waals surface area contributed by atoms with Gasteiger partial charge in [0.25, 0.3) is 5.91 Å². The van der Waals surface area contributed by atoms with Crippen LogP contribution in [0.3, 0.4) is 0 Å². The molecule has 1 fully saturated rings. The van der Waals surface area contributed by atoms with Gasteiger partial charge in [0, 0.05) is 28.7 Å². The van der Waals surface area contributed by atoms with Gasteiger partial charge in [0.05, 0.1) is 21.4 Å². The van der Waals surface area contributed by atoms with Crippen molar-refractivity contribution in [2.75, 3.05) is 5.32 Å². The second-order valence-electron chi connectivity index (χ2n) is 8.42. The fourth-order valence-electron chi connectivity index (χ4n) is 4.33. The first-order valence-corrected chi connectivity index (χ1v) is 13.8. The van der Waals surface area contributed by atoms with Crippen LogP contribution < -0.4 is 5.32 Å². The summed E-state index contributed by atoms with van der Waals surface area (Å²) in [4.78, 5) is 18.8. The number of fused-ring (bicyclic) bond motifs is 1. The summed E-state index contributed by atoms with van der Waals surface area (Å²) < 4.78 is 27.9. The van der Waals surface area contributed by atoms with Crippen molar-refractivity contribution in [2.24, 2.45) is 0 Å². The Morgan fingerprint density at radius 1 is 1.03 bits per heavy atom. The average Bonchev–Trinajstić information content (AvgIpc) is 3.53. The highest BCUT2D eigenvalue weighted by atomic mass is 32.2. The van der Waals surface area contributed by atoms with E-state index in [9.17, 15) is 13.2 Å². The van der Waals surface area contributed by atoms with Gasteiger partial charge in [-0.1, -0.05) is 37.1 Å². The van der Waals surface area contributed by atoms with E-state index in [2.05, 4.69) is 10.3 Å². The summed E-state index contributed by atoms with van der Waals surface area (Å²) in [6.45, 7) is 0. The minimum Gasteiger partial charge on any atom is -0.322 e. The molecular weight excluding hydrogens is 466 g/mol. The maximum Gasteiger partial charge on any atom is 0.256 e. The molecule has 0 radical (unpaired) electrons. The van der Waals surface area contributed by atoms with E-state index in [-0.39, 0.29) is 16.1 Å². The van der Waals surface area contributed by atoms with E-state index in [1.807, 2.05) is 53.2 Å². The van der Waals surface area contributed by atoms with Crippen molar-refractivity contribution in [3.8, 4) is 0 Å². The normalized spacial score (nSPS) is 14.5. The van der Waals surface area contributed by atoms with Crippen molar-refractivity contribution >= 4 is 38.8 Å². The average molecular weight is 492 g/mol. The molecule has 0 saturated heterocycles. The van der Waals surface area contributed by atoms with Crippen LogP contribution in [0.15, 0.2) is 88.9 Å². The van der Waals surface area contributed by atoms with Gasteiger partial charge in [-0.3, -0.25) is 4.79 Å². The molecule has 6 nitrogen and oxygen atoms in total. The molecular formula is C26H25N3O3S2. The maximum absolute atomic E-state index is 13.1. The molecule has 1 aliphatic carbocycles. The van der Waals surface area contributed by atoms with Gasteiger partial charge >= 0.3 is 0 Å². The second kappa shape index (κ2) is 9.64. The molecule has 1 aliphatic rings. The quantitative estimate of drug-likeness (QED) is 0.341. The molecule has 5 rings (SSSR count). The number of sulfone groups is 1. The second-order valence-corrected chi connectivity index (χ2v) is 11.7. The maximum atomic E-state index is 13.1. The lowest BCUT2D eigenvalue weighted by molar-refractivity contribution is 0.102. The first-order chi connectivity index (χ1) is 16.5. The first kappa shape index (κ1) is 22.7. The standard InChI is InChI=1S/C26H25N3O3S2/c30-26(28-19-8-7-11-22(16-19)34(31,32)21-9-1-2-10-21)23-12-3-4-13-24(23)33-18-20-17-29-15-6-5-14-25(29)27-20/h3-8,11-17,21H,1-2,9-10,18H2,(H,28,30). The van der Waals surface area contributed by atoms with Crippen LogP contribution >= 0.6 is 11.8 Å². The molecule has 4 aromatic rings. The topological polar surface area (TPSA) is 80.5 Å². The van der Waals surface area contributed by atoms with Gasteiger partial charge in [-0.2, -0.15) is 0 Å². The lowest BCUT2D eigenvalue weighted by Crippen LogP contribution is -2.18. The summed E-state index contributed by atoms with van der Waals surface area (Å²) in [6.07, 6.45) is 7.25. The van der Waals surface area contributed by atoms with Gasteiger partial charge in [-0.15, -0.1) is 11.8 Å². The number of rotatable bonds is 7. The predicted octanol–water partition coefficient (Wildman–Crippen LogP) is 5.60. The van der Waals surface area contributed by atoms with E-state index in [0.29, 0.717) is 29.8 Å². The van der Waals surface area contributed by atoms with Gasteiger partial charge in [0.15, 0.2) is 9.84 Å². The number of nitrogens with zero attached hydrogens (tertiary/aromatic N) is 2. The molecule has 174 valence electrons. The Labute approximate surface area is 203 Å². The van der Waals surface area contributed by atoms with Gasteiger partial charge in [0.1, 0.15) is 5.65 Å². The van der Waals surface area contributed by atoms with Crippen LogP contribution in [0.1, 0.15) is 41.7 Å².